The van der Waals surface area contributed by atoms with Crippen LogP contribution in [0.15, 0.2) is 24.8 Å². The zero-order chi connectivity index (χ0) is 31.7. The molecule has 0 saturated heterocycles. The van der Waals surface area contributed by atoms with Gasteiger partial charge in [-0.05, 0) is 12.8 Å². The Morgan fingerprint density at radius 3 is 1.49 bits per heavy atom. The number of carbonyl (C=O) groups is 5. The molecule has 2 heterocycles. The van der Waals surface area contributed by atoms with Crippen molar-refractivity contribution in [1.29, 1.82) is 0 Å². The maximum Gasteiger partial charge on any atom is 0.327 e. The van der Waals surface area contributed by atoms with Crippen molar-refractivity contribution in [2.45, 2.75) is 55.7 Å². The molecule has 2 amide bonds. The number of nitrogens with one attached hydrogen (secondary N) is 2. The molecule has 43 heavy (non-hydrogen) atoms. The standard InChI is InChI=1S/C26H30F2N6O7S2/c1-12(35)33-18(25(38)39)10-42-23(16-6-31-20(27)8-29-16)14-4-3-5-15(22(14)37)24(17-7-32-21(28)9-30-17)43-11-19(26(40)41)34-13(2)36/h6-9,14-15,18-19,23-24H,3-5,10-11H2,1-2H3,(H,33,35)(H,34,36)(H,38,39)(H,40,41). The first-order valence-electron chi connectivity index (χ1n) is 13.1. The number of Topliss-reactive ketones (excluding diaryl/α,β-unsaturated/α-hetero) is 1. The number of ketones is 1. The molecule has 1 saturated carbocycles. The van der Waals surface area contributed by atoms with Gasteiger partial charge in [-0.1, -0.05) is 6.42 Å². The van der Waals surface area contributed by atoms with E-state index in [9.17, 15) is 43.0 Å². The third kappa shape index (κ3) is 9.64. The van der Waals surface area contributed by atoms with Gasteiger partial charge in [0.1, 0.15) is 17.9 Å². The predicted octanol–water partition coefficient (Wildman–Crippen LogP) is 1.96. The van der Waals surface area contributed by atoms with Crippen molar-refractivity contribution in [2.24, 2.45) is 11.8 Å². The highest BCUT2D eigenvalue weighted by Crippen LogP contribution is 2.48. The Hall–Kier alpha value is -3.73. The molecule has 2 aromatic heterocycles. The highest BCUT2D eigenvalue weighted by atomic mass is 32.2. The van der Waals surface area contributed by atoms with E-state index in [4.69, 9.17) is 0 Å². The van der Waals surface area contributed by atoms with Crippen molar-refractivity contribution >= 4 is 53.1 Å². The number of aliphatic carboxylic acids is 2. The molecule has 1 fully saturated rings. The van der Waals surface area contributed by atoms with E-state index in [1.165, 1.54) is 26.2 Å². The molecule has 13 nitrogen and oxygen atoms in total. The van der Waals surface area contributed by atoms with Crippen LogP contribution in [0.4, 0.5) is 8.78 Å². The van der Waals surface area contributed by atoms with Crippen LogP contribution in [0, 0.1) is 23.7 Å². The number of thioether (sulfide) groups is 2. The number of rotatable bonds is 14. The van der Waals surface area contributed by atoms with E-state index < -0.39 is 70.1 Å². The molecule has 0 aliphatic heterocycles. The van der Waals surface area contributed by atoms with E-state index in [1.54, 1.807) is 0 Å². The van der Waals surface area contributed by atoms with Crippen LogP contribution in [0.2, 0.25) is 0 Å². The van der Waals surface area contributed by atoms with Gasteiger partial charge in [-0.2, -0.15) is 8.78 Å². The first-order chi connectivity index (χ1) is 20.4. The summed E-state index contributed by atoms with van der Waals surface area (Å²) in [4.78, 5) is 76.2. The van der Waals surface area contributed by atoms with Crippen molar-refractivity contribution in [1.82, 2.24) is 30.6 Å². The molecule has 0 bridgehead atoms. The van der Waals surface area contributed by atoms with Gasteiger partial charge in [0.15, 0.2) is 0 Å². The van der Waals surface area contributed by atoms with Crippen molar-refractivity contribution in [3.63, 3.8) is 0 Å². The van der Waals surface area contributed by atoms with Gasteiger partial charge < -0.3 is 20.8 Å². The second-order valence-corrected chi connectivity index (χ2v) is 12.1. The van der Waals surface area contributed by atoms with Gasteiger partial charge in [-0.15, -0.1) is 23.5 Å². The number of carboxylic acid groups (broad SMARTS) is 2. The zero-order valence-corrected chi connectivity index (χ0v) is 24.7. The molecule has 17 heteroatoms. The molecule has 0 aromatic carbocycles. The van der Waals surface area contributed by atoms with Gasteiger partial charge in [0.2, 0.25) is 23.7 Å². The Morgan fingerprint density at radius 1 is 0.791 bits per heavy atom. The quantitative estimate of drug-likeness (QED) is 0.234. The molecule has 6 atom stereocenters. The molecule has 2 aromatic rings. The predicted molar refractivity (Wildman–Crippen MR) is 151 cm³/mol. The number of hydrogen-bond acceptors (Lipinski definition) is 11. The summed E-state index contributed by atoms with van der Waals surface area (Å²) in [6, 6.07) is -2.54. The summed E-state index contributed by atoms with van der Waals surface area (Å²) in [6.45, 7) is 2.35. The van der Waals surface area contributed by atoms with Crippen LogP contribution >= 0.6 is 23.5 Å². The topological polar surface area (TPSA) is 201 Å². The molecule has 4 N–H and O–H groups in total. The minimum absolute atomic E-state index is 0.133. The maximum absolute atomic E-state index is 14.2. The monoisotopic (exact) mass is 640 g/mol. The molecular formula is C26H30F2N6O7S2. The molecular weight excluding hydrogens is 610 g/mol. The summed E-state index contributed by atoms with van der Waals surface area (Å²) in [5, 5.41) is 22.3. The Labute approximate surface area is 253 Å². The summed E-state index contributed by atoms with van der Waals surface area (Å²) in [5.74, 6) is -7.40. The normalized spacial score (nSPS) is 19.5. The van der Waals surface area contributed by atoms with Gasteiger partial charge in [0, 0.05) is 37.2 Å². The Kier molecular flexibility index (Phi) is 12.3. The number of amides is 2. The van der Waals surface area contributed by atoms with E-state index in [1.807, 2.05) is 0 Å². The van der Waals surface area contributed by atoms with E-state index in [-0.39, 0.29) is 28.7 Å². The fraction of sp³-hybridized carbons (Fsp3) is 0.500. The number of halogens is 2. The molecule has 1 aliphatic rings. The highest BCUT2D eigenvalue weighted by Gasteiger charge is 2.43. The summed E-state index contributed by atoms with van der Waals surface area (Å²) < 4.78 is 27.2. The lowest BCUT2D eigenvalue weighted by Gasteiger charge is -2.36. The molecule has 0 radical (unpaired) electrons. The van der Waals surface area contributed by atoms with Crippen LogP contribution in [0.3, 0.4) is 0 Å². The third-order valence-corrected chi connectivity index (χ3v) is 9.50. The van der Waals surface area contributed by atoms with Crippen LogP contribution in [0.1, 0.15) is 55.0 Å². The fourth-order valence-corrected chi connectivity index (χ4v) is 7.55. The second-order valence-electron chi connectivity index (χ2n) is 9.76. The number of carbonyl (C=O) groups excluding carboxylic acids is 3. The number of aromatic nitrogens is 4. The van der Waals surface area contributed by atoms with Crippen LogP contribution in [0.25, 0.3) is 0 Å². The van der Waals surface area contributed by atoms with Crippen molar-refractivity contribution < 1.29 is 43.0 Å². The second kappa shape index (κ2) is 15.7. The summed E-state index contributed by atoms with van der Waals surface area (Å²) >= 11 is 2.12. The lowest BCUT2D eigenvalue weighted by molar-refractivity contribution is -0.141. The van der Waals surface area contributed by atoms with Crippen molar-refractivity contribution in [3.05, 3.63) is 48.1 Å². The summed E-state index contributed by atoms with van der Waals surface area (Å²) in [7, 11) is 0. The van der Waals surface area contributed by atoms with E-state index in [0.29, 0.717) is 19.3 Å². The minimum atomic E-state index is -1.28. The number of hydrogen-bond donors (Lipinski definition) is 4. The number of carboxylic acids is 2. The highest BCUT2D eigenvalue weighted by molar-refractivity contribution is 7.99. The van der Waals surface area contributed by atoms with Gasteiger partial charge in [-0.25, -0.2) is 19.6 Å². The molecule has 1 aliphatic carbocycles. The van der Waals surface area contributed by atoms with Gasteiger partial charge in [0.05, 0.1) is 46.7 Å². The van der Waals surface area contributed by atoms with Crippen LogP contribution in [-0.4, -0.2) is 83.3 Å². The van der Waals surface area contributed by atoms with E-state index in [0.717, 1.165) is 35.9 Å². The smallest absolute Gasteiger partial charge is 0.327 e. The number of nitrogens with zero attached hydrogens (tertiary/aromatic N) is 4. The van der Waals surface area contributed by atoms with Gasteiger partial charge in [0.25, 0.3) is 0 Å². The molecule has 232 valence electrons. The minimum Gasteiger partial charge on any atom is -0.480 e. The Bertz CT molecular complexity index is 1220. The Balaban J connectivity index is 1.94. The molecule has 0 spiro atoms. The fourth-order valence-electron chi connectivity index (χ4n) is 4.71. The van der Waals surface area contributed by atoms with Crippen LogP contribution in [-0.2, 0) is 24.0 Å². The van der Waals surface area contributed by atoms with Gasteiger partial charge in [-0.3, -0.25) is 24.4 Å². The Morgan fingerprint density at radius 2 is 1.19 bits per heavy atom. The molecule has 3 rings (SSSR count). The lowest BCUT2D eigenvalue weighted by atomic mass is 9.76. The van der Waals surface area contributed by atoms with Gasteiger partial charge >= 0.3 is 11.9 Å². The average molecular weight is 641 g/mol. The van der Waals surface area contributed by atoms with Crippen LogP contribution < -0.4 is 10.6 Å². The summed E-state index contributed by atoms with van der Waals surface area (Å²) in [6.07, 6.45) is 5.38. The third-order valence-electron chi connectivity index (χ3n) is 6.59. The summed E-state index contributed by atoms with van der Waals surface area (Å²) in [5.41, 5.74) is 0.472. The largest absolute Gasteiger partial charge is 0.480 e. The zero-order valence-electron chi connectivity index (χ0n) is 23.1. The average Bonchev–Trinajstić information content (AvgIpc) is 2.94. The van der Waals surface area contributed by atoms with E-state index >= 15 is 0 Å². The van der Waals surface area contributed by atoms with Crippen molar-refractivity contribution in [2.75, 3.05) is 11.5 Å². The SMILES string of the molecule is CC(=O)NC(CSC(c1cnc(F)cn1)C1CCCC(C(SCC(NC(C)=O)C(=O)O)c2cnc(F)cn2)C1=O)C(=O)O. The first kappa shape index (κ1) is 33.8. The van der Waals surface area contributed by atoms with Crippen LogP contribution in [0.5, 0.6) is 0 Å². The lowest BCUT2D eigenvalue weighted by Crippen LogP contribution is -2.42. The molecule has 6 unspecified atom stereocenters. The van der Waals surface area contributed by atoms with E-state index in [2.05, 4.69) is 30.6 Å². The maximum atomic E-state index is 14.2. The van der Waals surface area contributed by atoms with Crippen molar-refractivity contribution in [3.8, 4) is 0 Å². The first-order valence-corrected chi connectivity index (χ1v) is 15.2.